The summed E-state index contributed by atoms with van der Waals surface area (Å²) >= 11 is 0. The van der Waals surface area contributed by atoms with Crippen molar-refractivity contribution in [2.24, 2.45) is 0 Å². The van der Waals surface area contributed by atoms with Crippen LogP contribution in [0.1, 0.15) is 43.2 Å². The van der Waals surface area contributed by atoms with Crippen molar-refractivity contribution in [3.05, 3.63) is 59.7 Å². The normalized spacial score (nSPS) is 11.3. The molecule has 0 radical (unpaired) electrons. The Kier molecular flexibility index (Phi) is 9.51. The molecule has 1 atom stereocenters. The van der Waals surface area contributed by atoms with Crippen molar-refractivity contribution >= 4 is 29.2 Å². The Balaban J connectivity index is 1.96. The molecule has 8 heteroatoms. The van der Waals surface area contributed by atoms with Gasteiger partial charge in [0.25, 0.3) is 0 Å². The number of hydrogen-bond donors (Lipinski definition) is 5. The van der Waals surface area contributed by atoms with Crippen molar-refractivity contribution in [3.8, 4) is 0 Å². The van der Waals surface area contributed by atoms with Gasteiger partial charge in [0, 0.05) is 17.8 Å². The number of para-hydroxylation sites is 1. The first-order chi connectivity index (χ1) is 14.9. The summed E-state index contributed by atoms with van der Waals surface area (Å²) in [4.78, 5) is 36.4. The molecule has 0 spiro atoms. The van der Waals surface area contributed by atoms with E-state index in [0.717, 1.165) is 11.1 Å². The van der Waals surface area contributed by atoms with Gasteiger partial charge in [0.2, 0.25) is 11.8 Å². The van der Waals surface area contributed by atoms with Gasteiger partial charge in [0.05, 0.1) is 0 Å². The highest BCUT2D eigenvalue weighted by Gasteiger charge is 2.21. The number of hydroxylamine groups is 1. The molecule has 0 saturated carbocycles. The molecule has 0 heterocycles. The van der Waals surface area contributed by atoms with E-state index in [9.17, 15) is 14.4 Å². The van der Waals surface area contributed by atoms with Gasteiger partial charge in [-0.2, -0.15) is 0 Å². The number of rotatable bonds is 10. The maximum Gasteiger partial charge on any atom is 0.319 e. The van der Waals surface area contributed by atoms with Gasteiger partial charge in [-0.3, -0.25) is 14.8 Å². The van der Waals surface area contributed by atoms with E-state index < -0.39 is 18.0 Å². The number of hydrogen-bond acceptors (Lipinski definition) is 4. The molecule has 8 nitrogen and oxygen atoms in total. The first kappa shape index (κ1) is 23.9. The van der Waals surface area contributed by atoms with Gasteiger partial charge in [-0.1, -0.05) is 37.1 Å². The van der Waals surface area contributed by atoms with Crippen LogP contribution in [0.5, 0.6) is 0 Å². The Labute approximate surface area is 182 Å². The molecular weight excluding hydrogens is 396 g/mol. The number of urea groups is 1. The molecule has 5 N–H and O–H groups in total. The highest BCUT2D eigenvalue weighted by Crippen LogP contribution is 2.15. The van der Waals surface area contributed by atoms with Crippen LogP contribution in [0.15, 0.2) is 48.5 Å². The van der Waals surface area contributed by atoms with E-state index in [-0.39, 0.29) is 12.3 Å². The smallest absolute Gasteiger partial charge is 0.319 e. The van der Waals surface area contributed by atoms with Gasteiger partial charge in [-0.25, -0.2) is 10.3 Å². The lowest BCUT2D eigenvalue weighted by Crippen LogP contribution is -2.45. The lowest BCUT2D eigenvalue weighted by Gasteiger charge is -2.19. The van der Waals surface area contributed by atoms with Gasteiger partial charge in [-0.15, -0.1) is 0 Å². The molecular formula is C23H30N4O4. The summed E-state index contributed by atoms with van der Waals surface area (Å²) in [6, 6.07) is 13.4. The van der Waals surface area contributed by atoms with Crippen molar-refractivity contribution in [1.82, 2.24) is 10.8 Å². The number of carbonyl (C=O) groups is 3. The molecule has 0 aliphatic heterocycles. The zero-order valence-corrected chi connectivity index (χ0v) is 17.9. The molecule has 0 unspecified atom stereocenters. The summed E-state index contributed by atoms with van der Waals surface area (Å²) in [6.07, 6.45) is 2.52. The van der Waals surface area contributed by atoms with Crippen LogP contribution in [0.4, 0.5) is 16.2 Å². The Morgan fingerprint density at radius 1 is 0.871 bits per heavy atom. The number of amides is 4. The van der Waals surface area contributed by atoms with Crippen LogP contribution >= 0.6 is 0 Å². The molecule has 2 aromatic rings. The lowest BCUT2D eigenvalue weighted by molar-refractivity contribution is -0.129. The Hall–Kier alpha value is -3.39. The zero-order valence-electron chi connectivity index (χ0n) is 17.9. The first-order valence-corrected chi connectivity index (χ1v) is 10.3. The second-order valence-electron chi connectivity index (χ2n) is 7.44. The van der Waals surface area contributed by atoms with Gasteiger partial charge in [0.1, 0.15) is 6.04 Å². The maximum atomic E-state index is 12.8. The van der Waals surface area contributed by atoms with E-state index in [1.165, 1.54) is 0 Å². The summed E-state index contributed by atoms with van der Waals surface area (Å²) in [6.45, 7) is 3.96. The molecule has 0 aliphatic carbocycles. The second kappa shape index (κ2) is 12.3. The van der Waals surface area contributed by atoms with Crippen LogP contribution in [0.3, 0.4) is 0 Å². The lowest BCUT2D eigenvalue weighted by atomic mass is 10.1. The van der Waals surface area contributed by atoms with Crippen molar-refractivity contribution < 1.29 is 19.6 Å². The molecule has 0 saturated heterocycles. The molecule has 0 bridgehead atoms. The third-order valence-electron chi connectivity index (χ3n) is 4.95. The number of carbonyl (C=O) groups excluding carboxylic acids is 3. The van der Waals surface area contributed by atoms with Crippen molar-refractivity contribution in [2.45, 2.75) is 52.0 Å². The topological polar surface area (TPSA) is 120 Å². The van der Waals surface area contributed by atoms with Crippen LogP contribution in [-0.4, -0.2) is 29.1 Å². The van der Waals surface area contributed by atoms with E-state index in [2.05, 4.69) is 16.0 Å². The summed E-state index contributed by atoms with van der Waals surface area (Å²) in [5.41, 5.74) is 5.08. The maximum absolute atomic E-state index is 12.8. The largest absolute Gasteiger partial charge is 0.326 e. The van der Waals surface area contributed by atoms with Crippen molar-refractivity contribution in [1.29, 1.82) is 0 Å². The Bertz CT molecular complexity index is 886. The summed E-state index contributed by atoms with van der Waals surface area (Å²) < 4.78 is 0. The molecule has 0 fully saturated rings. The first-order valence-electron chi connectivity index (χ1n) is 10.3. The molecule has 166 valence electrons. The van der Waals surface area contributed by atoms with Crippen LogP contribution < -0.4 is 21.4 Å². The zero-order chi connectivity index (χ0) is 22.6. The monoisotopic (exact) mass is 426 g/mol. The van der Waals surface area contributed by atoms with Crippen LogP contribution in [0.25, 0.3) is 0 Å². The number of nitrogens with one attached hydrogen (secondary N) is 4. The molecule has 0 aliphatic rings. The predicted octanol–water partition coefficient (Wildman–Crippen LogP) is 3.89. The number of unbranched alkanes of at least 4 members (excludes halogenated alkanes) is 2. The highest BCUT2D eigenvalue weighted by molar-refractivity contribution is 5.99. The molecule has 2 aromatic carbocycles. The van der Waals surface area contributed by atoms with Crippen LogP contribution in [-0.2, 0) is 9.59 Å². The predicted molar refractivity (Wildman–Crippen MR) is 120 cm³/mol. The van der Waals surface area contributed by atoms with E-state index in [1.807, 2.05) is 50.2 Å². The Morgan fingerprint density at radius 2 is 1.61 bits per heavy atom. The van der Waals surface area contributed by atoms with Crippen molar-refractivity contribution in [2.75, 3.05) is 10.6 Å². The van der Waals surface area contributed by atoms with Crippen LogP contribution in [0.2, 0.25) is 0 Å². The average molecular weight is 427 g/mol. The van der Waals surface area contributed by atoms with Crippen LogP contribution in [0, 0.1) is 13.8 Å². The third-order valence-corrected chi connectivity index (χ3v) is 4.95. The van der Waals surface area contributed by atoms with E-state index in [4.69, 9.17) is 5.21 Å². The number of aryl methyl sites for hydroxylation is 2. The van der Waals surface area contributed by atoms with Gasteiger partial charge in [0.15, 0.2) is 0 Å². The fourth-order valence-corrected chi connectivity index (χ4v) is 3.03. The molecule has 4 amide bonds. The van der Waals surface area contributed by atoms with E-state index in [1.54, 1.807) is 17.6 Å². The summed E-state index contributed by atoms with van der Waals surface area (Å²) in [5.74, 6) is -0.751. The van der Waals surface area contributed by atoms with E-state index in [0.29, 0.717) is 37.1 Å². The summed E-state index contributed by atoms with van der Waals surface area (Å²) in [7, 11) is 0. The highest BCUT2D eigenvalue weighted by atomic mass is 16.5. The van der Waals surface area contributed by atoms with Gasteiger partial charge in [-0.05, 0) is 62.1 Å². The fourth-order valence-electron chi connectivity index (χ4n) is 3.03. The number of anilines is 2. The fraction of sp³-hybridized carbons (Fsp3) is 0.348. The van der Waals surface area contributed by atoms with Gasteiger partial charge < -0.3 is 16.0 Å². The standard InChI is InChI=1S/C23H30N4O4/c1-16-13-14-19(15-17(16)2)25-23(30)26-20(11-7-4-8-12-21(28)27-31)22(29)24-18-9-5-3-6-10-18/h3,5-6,9-10,13-15,20,31H,4,7-8,11-12H2,1-2H3,(H,24,29)(H,27,28)(H2,25,26,30)/t20-/m0/s1. The quantitative estimate of drug-likeness (QED) is 0.225. The molecule has 0 aromatic heterocycles. The molecule has 31 heavy (non-hydrogen) atoms. The summed E-state index contributed by atoms with van der Waals surface area (Å²) in [5, 5.41) is 16.9. The van der Waals surface area contributed by atoms with Crippen molar-refractivity contribution in [3.63, 3.8) is 0 Å². The minimum Gasteiger partial charge on any atom is -0.326 e. The number of benzene rings is 2. The third kappa shape index (κ3) is 8.47. The van der Waals surface area contributed by atoms with E-state index >= 15 is 0 Å². The minimum atomic E-state index is -0.738. The molecule has 2 rings (SSSR count). The SMILES string of the molecule is Cc1ccc(NC(=O)N[C@@H](CCCCCC(=O)NO)C(=O)Nc2ccccc2)cc1C. The Morgan fingerprint density at radius 3 is 2.29 bits per heavy atom. The second-order valence-corrected chi connectivity index (χ2v) is 7.44. The van der Waals surface area contributed by atoms with Gasteiger partial charge >= 0.3 is 6.03 Å². The average Bonchev–Trinajstić information content (AvgIpc) is 2.75. The minimum absolute atomic E-state index is 0.206.